The number of likely N-dealkylation sites (N-methyl/N-ethyl adjacent to an activating group) is 1. The highest BCUT2D eigenvalue weighted by atomic mass is 16.2. The van der Waals surface area contributed by atoms with Crippen molar-refractivity contribution >= 4 is 5.91 Å². The van der Waals surface area contributed by atoms with Crippen LogP contribution in [0.1, 0.15) is 44.9 Å². The average molecular weight is 265 g/mol. The topological polar surface area (TPSA) is 33.5 Å². The molecule has 4 aliphatic carbocycles. The Kier molecular flexibility index (Phi) is 3.59. The second-order valence-corrected chi connectivity index (χ2v) is 7.75. The second-order valence-electron chi connectivity index (χ2n) is 7.75. The molecule has 2 unspecified atom stereocenters. The van der Waals surface area contributed by atoms with Crippen LogP contribution >= 0.6 is 0 Å². The molecule has 4 bridgehead atoms. The lowest BCUT2D eigenvalue weighted by Crippen LogP contribution is -3.06. The van der Waals surface area contributed by atoms with Gasteiger partial charge in [-0.05, 0) is 62.7 Å². The zero-order valence-electron chi connectivity index (χ0n) is 12.5. The van der Waals surface area contributed by atoms with Crippen LogP contribution in [0.25, 0.3) is 0 Å². The van der Waals surface area contributed by atoms with E-state index in [1.54, 1.807) is 0 Å². The third kappa shape index (κ3) is 2.67. The molecule has 0 spiro atoms. The van der Waals surface area contributed by atoms with Crippen LogP contribution in [0.5, 0.6) is 0 Å². The van der Waals surface area contributed by atoms with Crippen LogP contribution in [0, 0.1) is 23.2 Å². The van der Waals surface area contributed by atoms with Crippen molar-refractivity contribution in [3.63, 3.8) is 0 Å². The van der Waals surface area contributed by atoms with Crippen molar-refractivity contribution in [2.45, 2.75) is 44.9 Å². The summed E-state index contributed by atoms with van der Waals surface area (Å²) in [5.74, 6) is 3.02. The summed E-state index contributed by atoms with van der Waals surface area (Å²) in [6.45, 7) is 1.86. The molecule has 19 heavy (non-hydrogen) atoms. The SMILES string of the molecule is C[NH+](C)CCNC(=O)C12CCC3C[C@H](C[C@H](C3)C1)C2. The van der Waals surface area contributed by atoms with Crippen LogP contribution in [0.15, 0.2) is 0 Å². The molecule has 4 saturated carbocycles. The highest BCUT2D eigenvalue weighted by Crippen LogP contribution is 2.57. The first-order valence-electron chi connectivity index (χ1n) is 8.15. The number of rotatable bonds is 4. The van der Waals surface area contributed by atoms with Crippen LogP contribution in [0.3, 0.4) is 0 Å². The van der Waals surface area contributed by atoms with Crippen molar-refractivity contribution in [2.75, 3.05) is 27.2 Å². The molecule has 2 N–H and O–H groups in total. The number of carbonyl (C=O) groups excluding carboxylic acids is 1. The molecule has 0 radical (unpaired) electrons. The van der Waals surface area contributed by atoms with E-state index in [0.717, 1.165) is 37.3 Å². The van der Waals surface area contributed by atoms with Crippen molar-refractivity contribution < 1.29 is 9.69 Å². The van der Waals surface area contributed by atoms with Gasteiger partial charge < -0.3 is 10.2 Å². The number of amides is 1. The van der Waals surface area contributed by atoms with E-state index < -0.39 is 0 Å². The summed E-state index contributed by atoms with van der Waals surface area (Å²) in [5, 5.41) is 3.24. The number of fused-ring (bicyclic) bond motifs is 1. The van der Waals surface area contributed by atoms with Gasteiger partial charge in [-0.2, -0.15) is 0 Å². The van der Waals surface area contributed by atoms with Gasteiger partial charge in [0.15, 0.2) is 0 Å². The molecule has 1 amide bonds. The highest BCUT2D eigenvalue weighted by Gasteiger charge is 2.51. The predicted molar refractivity (Wildman–Crippen MR) is 75.9 cm³/mol. The van der Waals surface area contributed by atoms with Crippen molar-refractivity contribution in [1.82, 2.24) is 5.32 Å². The van der Waals surface area contributed by atoms with Gasteiger partial charge in [-0.25, -0.2) is 0 Å². The summed E-state index contributed by atoms with van der Waals surface area (Å²) >= 11 is 0. The van der Waals surface area contributed by atoms with E-state index in [1.807, 2.05) is 0 Å². The average Bonchev–Trinajstić information content (AvgIpc) is 2.54. The molecule has 3 nitrogen and oxygen atoms in total. The van der Waals surface area contributed by atoms with E-state index in [0.29, 0.717) is 5.91 Å². The first kappa shape index (κ1) is 13.4. The molecule has 4 fully saturated rings. The Labute approximate surface area is 117 Å². The molecule has 3 heteroatoms. The lowest BCUT2D eigenvalue weighted by atomic mass is 9.61. The molecule has 0 aromatic heterocycles. The number of hydrogen-bond acceptors (Lipinski definition) is 1. The molecule has 4 rings (SSSR count). The Bertz CT molecular complexity index is 339. The van der Waals surface area contributed by atoms with Gasteiger partial charge in [-0.1, -0.05) is 0 Å². The van der Waals surface area contributed by atoms with E-state index in [1.165, 1.54) is 43.4 Å². The van der Waals surface area contributed by atoms with E-state index >= 15 is 0 Å². The van der Waals surface area contributed by atoms with Gasteiger partial charge in [0.05, 0.1) is 27.2 Å². The fourth-order valence-electron chi connectivity index (χ4n) is 5.06. The van der Waals surface area contributed by atoms with Crippen LogP contribution in [-0.4, -0.2) is 33.1 Å². The normalized spacial score (nSPS) is 40.5. The molecule has 4 aliphatic rings. The van der Waals surface area contributed by atoms with Gasteiger partial charge in [-0.15, -0.1) is 0 Å². The van der Waals surface area contributed by atoms with E-state index in [2.05, 4.69) is 19.4 Å². The van der Waals surface area contributed by atoms with Crippen LogP contribution in [0.4, 0.5) is 0 Å². The Morgan fingerprint density at radius 1 is 1.16 bits per heavy atom. The monoisotopic (exact) mass is 265 g/mol. The zero-order chi connectivity index (χ0) is 13.5. The molecular weight excluding hydrogens is 236 g/mol. The maximum absolute atomic E-state index is 12.7. The number of carbonyl (C=O) groups is 1. The van der Waals surface area contributed by atoms with Gasteiger partial charge in [0.1, 0.15) is 0 Å². The molecule has 0 aliphatic heterocycles. The fourth-order valence-corrected chi connectivity index (χ4v) is 5.06. The first-order valence-corrected chi connectivity index (χ1v) is 8.15. The highest BCUT2D eigenvalue weighted by molar-refractivity contribution is 5.82. The summed E-state index contributed by atoms with van der Waals surface area (Å²) in [7, 11) is 4.28. The molecule has 108 valence electrons. The summed E-state index contributed by atoms with van der Waals surface area (Å²) < 4.78 is 0. The third-order valence-corrected chi connectivity index (χ3v) is 5.78. The molecule has 0 saturated heterocycles. The minimum atomic E-state index is 0.0144. The Hall–Kier alpha value is -0.570. The number of quaternary nitrogens is 1. The summed E-state index contributed by atoms with van der Waals surface area (Å²) in [6, 6.07) is 0. The lowest BCUT2D eigenvalue weighted by molar-refractivity contribution is -0.856. The lowest BCUT2D eigenvalue weighted by Gasteiger charge is -2.44. The summed E-state index contributed by atoms with van der Waals surface area (Å²) in [6.07, 6.45) is 9.06. The number of hydrogen-bond donors (Lipinski definition) is 2. The largest absolute Gasteiger partial charge is 0.350 e. The van der Waals surface area contributed by atoms with Crippen molar-refractivity contribution in [3.05, 3.63) is 0 Å². The van der Waals surface area contributed by atoms with Gasteiger partial charge >= 0.3 is 0 Å². The van der Waals surface area contributed by atoms with Crippen molar-refractivity contribution in [3.8, 4) is 0 Å². The smallest absolute Gasteiger partial charge is 0.226 e. The Balaban J connectivity index is 1.66. The molecule has 4 atom stereocenters. The van der Waals surface area contributed by atoms with Crippen molar-refractivity contribution in [1.29, 1.82) is 0 Å². The molecular formula is C16H29N2O+. The predicted octanol–water partition coefficient (Wildman–Crippen LogP) is 0.854. The van der Waals surface area contributed by atoms with Gasteiger partial charge in [0.25, 0.3) is 0 Å². The van der Waals surface area contributed by atoms with E-state index in [-0.39, 0.29) is 5.41 Å². The molecule has 0 heterocycles. The molecule has 0 aromatic rings. The van der Waals surface area contributed by atoms with Gasteiger partial charge in [-0.3, -0.25) is 4.79 Å². The van der Waals surface area contributed by atoms with Crippen molar-refractivity contribution in [2.24, 2.45) is 23.2 Å². The standard InChI is InChI=1S/C16H28N2O/c1-18(2)6-5-17-15(19)16-4-3-12-7-13(10-16)9-14(8-12)11-16/h12-14H,3-11H2,1-2H3,(H,17,19)/p+1/t12?,13-,14+,16?. The van der Waals surface area contributed by atoms with Gasteiger partial charge in [0.2, 0.25) is 5.91 Å². The van der Waals surface area contributed by atoms with E-state index in [4.69, 9.17) is 0 Å². The minimum Gasteiger partial charge on any atom is -0.350 e. The second kappa shape index (κ2) is 5.08. The Morgan fingerprint density at radius 3 is 2.42 bits per heavy atom. The summed E-state index contributed by atoms with van der Waals surface area (Å²) in [4.78, 5) is 14.1. The van der Waals surface area contributed by atoms with Gasteiger partial charge in [0, 0.05) is 5.41 Å². The van der Waals surface area contributed by atoms with Crippen LogP contribution < -0.4 is 10.2 Å². The van der Waals surface area contributed by atoms with E-state index in [9.17, 15) is 4.79 Å². The van der Waals surface area contributed by atoms with Crippen LogP contribution in [-0.2, 0) is 4.79 Å². The zero-order valence-corrected chi connectivity index (χ0v) is 12.5. The fraction of sp³-hybridized carbons (Fsp3) is 0.938. The minimum absolute atomic E-state index is 0.0144. The molecule has 0 aromatic carbocycles. The first-order chi connectivity index (χ1) is 9.07. The number of nitrogens with one attached hydrogen (secondary N) is 2. The van der Waals surface area contributed by atoms with Crippen LogP contribution in [0.2, 0.25) is 0 Å². The quantitative estimate of drug-likeness (QED) is 0.776. The maximum atomic E-state index is 12.7. The third-order valence-electron chi connectivity index (χ3n) is 5.78. The summed E-state index contributed by atoms with van der Waals surface area (Å²) in [5.41, 5.74) is 0.0144. The Morgan fingerprint density at radius 2 is 1.79 bits per heavy atom. The maximum Gasteiger partial charge on any atom is 0.226 e.